The summed E-state index contributed by atoms with van der Waals surface area (Å²) in [6, 6.07) is 10.5. The topological polar surface area (TPSA) is 105 Å². The van der Waals surface area contributed by atoms with Crippen molar-refractivity contribution in [3.63, 3.8) is 0 Å². The van der Waals surface area contributed by atoms with Crippen LogP contribution in [0.1, 0.15) is 6.92 Å². The normalized spacial score (nSPS) is 11.7. The van der Waals surface area contributed by atoms with Crippen molar-refractivity contribution in [1.29, 1.82) is 0 Å². The Labute approximate surface area is 155 Å². The number of nitro benzene ring substituents is 1. The van der Waals surface area contributed by atoms with Gasteiger partial charge in [-0.15, -0.1) is 0 Å². The van der Waals surface area contributed by atoms with Crippen molar-refractivity contribution in [1.82, 2.24) is 4.90 Å². The summed E-state index contributed by atoms with van der Waals surface area (Å²) in [5, 5.41) is 16.1. The molecule has 0 aromatic heterocycles. The van der Waals surface area contributed by atoms with E-state index in [1.807, 2.05) is 0 Å². The van der Waals surface area contributed by atoms with Crippen LogP contribution in [0.3, 0.4) is 0 Å². The zero-order valence-corrected chi connectivity index (χ0v) is 14.8. The maximum atomic E-state index is 13.1. The summed E-state index contributed by atoms with van der Waals surface area (Å²) in [6.45, 7) is 1.45. The smallest absolute Gasteiger partial charge is 0.292 e. The minimum absolute atomic E-state index is 0.0805. The van der Waals surface area contributed by atoms with Crippen LogP contribution in [0.2, 0.25) is 0 Å². The molecule has 0 bridgehead atoms. The molecule has 142 valence electrons. The maximum absolute atomic E-state index is 13.1. The first-order valence-corrected chi connectivity index (χ1v) is 8.08. The molecular formula is C18H19FN4O4. The van der Waals surface area contributed by atoms with E-state index in [1.165, 1.54) is 41.3 Å². The minimum Gasteiger partial charge on any atom is -0.325 e. The van der Waals surface area contributed by atoms with Gasteiger partial charge in [0.05, 0.1) is 17.5 Å². The third kappa shape index (κ3) is 5.58. The summed E-state index contributed by atoms with van der Waals surface area (Å²) in [7, 11) is 1.56. The number of anilines is 2. The van der Waals surface area contributed by atoms with Gasteiger partial charge in [-0.25, -0.2) is 4.39 Å². The van der Waals surface area contributed by atoms with Gasteiger partial charge in [0.2, 0.25) is 11.8 Å². The Hall–Kier alpha value is -3.33. The number of carbonyl (C=O) groups is 2. The summed E-state index contributed by atoms with van der Waals surface area (Å²) in [5.41, 5.74) is 0.173. The number of amides is 2. The summed E-state index contributed by atoms with van der Waals surface area (Å²) < 4.78 is 13.1. The van der Waals surface area contributed by atoms with Crippen molar-refractivity contribution in [3.8, 4) is 0 Å². The zero-order chi connectivity index (χ0) is 20.0. The van der Waals surface area contributed by atoms with E-state index in [1.54, 1.807) is 26.1 Å². The lowest BCUT2D eigenvalue weighted by Crippen LogP contribution is -2.43. The van der Waals surface area contributed by atoms with Gasteiger partial charge >= 0.3 is 0 Å². The Morgan fingerprint density at radius 2 is 1.89 bits per heavy atom. The van der Waals surface area contributed by atoms with E-state index in [0.29, 0.717) is 5.69 Å². The molecule has 0 saturated carbocycles. The van der Waals surface area contributed by atoms with Crippen molar-refractivity contribution in [3.05, 3.63) is 64.5 Å². The second-order valence-corrected chi connectivity index (χ2v) is 5.91. The molecule has 27 heavy (non-hydrogen) atoms. The Morgan fingerprint density at radius 1 is 1.19 bits per heavy atom. The van der Waals surface area contributed by atoms with E-state index in [4.69, 9.17) is 0 Å². The van der Waals surface area contributed by atoms with Crippen LogP contribution >= 0.6 is 0 Å². The molecule has 2 N–H and O–H groups in total. The van der Waals surface area contributed by atoms with Crippen molar-refractivity contribution in [2.75, 3.05) is 24.2 Å². The molecule has 0 unspecified atom stereocenters. The quantitative estimate of drug-likeness (QED) is 0.573. The van der Waals surface area contributed by atoms with Crippen LogP contribution in [0.4, 0.5) is 21.5 Å². The number of benzene rings is 2. The van der Waals surface area contributed by atoms with Crippen molar-refractivity contribution < 1.29 is 18.9 Å². The third-order valence-electron chi connectivity index (χ3n) is 3.90. The van der Waals surface area contributed by atoms with Crippen molar-refractivity contribution in [2.45, 2.75) is 13.0 Å². The average molecular weight is 374 g/mol. The summed E-state index contributed by atoms with van der Waals surface area (Å²) >= 11 is 0. The highest BCUT2D eigenvalue weighted by atomic mass is 19.1. The number of hydrogen-bond donors (Lipinski definition) is 2. The maximum Gasteiger partial charge on any atom is 0.292 e. The Morgan fingerprint density at radius 3 is 2.56 bits per heavy atom. The summed E-state index contributed by atoms with van der Waals surface area (Å²) in [5.74, 6) is -1.39. The fourth-order valence-electron chi connectivity index (χ4n) is 2.31. The first-order chi connectivity index (χ1) is 12.8. The molecule has 0 aliphatic rings. The lowest BCUT2D eigenvalue weighted by molar-refractivity contribution is -0.383. The molecule has 2 rings (SSSR count). The van der Waals surface area contributed by atoms with Crippen LogP contribution in [0, 0.1) is 15.9 Å². The lowest BCUT2D eigenvalue weighted by atomic mass is 10.2. The molecule has 0 spiro atoms. The van der Waals surface area contributed by atoms with E-state index < -0.39 is 28.6 Å². The predicted octanol–water partition coefficient (Wildman–Crippen LogP) is 2.63. The fraction of sp³-hybridized carbons (Fsp3) is 0.222. The molecule has 0 fully saturated rings. The first kappa shape index (κ1) is 20.0. The number of likely N-dealkylation sites (N-methyl/N-ethyl adjacent to an activating group) is 1. The fourth-order valence-corrected chi connectivity index (χ4v) is 2.31. The summed E-state index contributed by atoms with van der Waals surface area (Å²) in [6.07, 6.45) is 0. The molecule has 0 saturated heterocycles. The van der Waals surface area contributed by atoms with Gasteiger partial charge in [-0.3, -0.25) is 24.6 Å². The first-order valence-electron chi connectivity index (χ1n) is 8.08. The van der Waals surface area contributed by atoms with E-state index in [-0.39, 0.29) is 17.9 Å². The lowest BCUT2D eigenvalue weighted by Gasteiger charge is -2.23. The molecule has 0 heterocycles. The summed E-state index contributed by atoms with van der Waals surface area (Å²) in [4.78, 5) is 36.3. The van der Waals surface area contributed by atoms with Crippen LogP contribution in [0.25, 0.3) is 0 Å². The molecule has 1 atom stereocenters. The number of nitrogens with one attached hydrogen (secondary N) is 2. The zero-order valence-electron chi connectivity index (χ0n) is 14.8. The molecule has 2 aromatic carbocycles. The highest BCUT2D eigenvalue weighted by Crippen LogP contribution is 2.23. The average Bonchev–Trinajstić information content (AvgIpc) is 2.61. The third-order valence-corrected chi connectivity index (χ3v) is 3.90. The molecule has 0 aliphatic heterocycles. The van der Waals surface area contributed by atoms with E-state index in [0.717, 1.165) is 0 Å². The number of halogens is 1. The molecular weight excluding hydrogens is 355 g/mol. The Bertz CT molecular complexity index is 859. The van der Waals surface area contributed by atoms with E-state index >= 15 is 0 Å². The second-order valence-electron chi connectivity index (χ2n) is 5.91. The van der Waals surface area contributed by atoms with Crippen molar-refractivity contribution in [2.24, 2.45) is 0 Å². The molecule has 2 aromatic rings. The monoisotopic (exact) mass is 374 g/mol. The number of para-hydroxylation sites is 2. The largest absolute Gasteiger partial charge is 0.325 e. The Kier molecular flexibility index (Phi) is 6.56. The van der Waals surface area contributed by atoms with Gasteiger partial charge in [-0.05, 0) is 38.2 Å². The predicted molar refractivity (Wildman–Crippen MR) is 98.8 cm³/mol. The van der Waals surface area contributed by atoms with Gasteiger partial charge in [-0.1, -0.05) is 18.2 Å². The molecule has 8 nitrogen and oxygen atoms in total. The van der Waals surface area contributed by atoms with Gasteiger partial charge in [0, 0.05) is 11.8 Å². The van der Waals surface area contributed by atoms with Crippen LogP contribution in [-0.2, 0) is 9.59 Å². The van der Waals surface area contributed by atoms with Gasteiger partial charge < -0.3 is 10.6 Å². The van der Waals surface area contributed by atoms with E-state index in [2.05, 4.69) is 10.6 Å². The molecule has 0 radical (unpaired) electrons. The number of carbonyl (C=O) groups excluding carboxylic acids is 2. The van der Waals surface area contributed by atoms with Gasteiger partial charge in [0.15, 0.2) is 0 Å². The number of rotatable bonds is 7. The number of hydrogen-bond acceptors (Lipinski definition) is 5. The van der Waals surface area contributed by atoms with Gasteiger partial charge in [0.1, 0.15) is 11.5 Å². The molecule has 2 amide bonds. The molecule has 9 heteroatoms. The Balaban J connectivity index is 1.96. The highest BCUT2D eigenvalue weighted by Gasteiger charge is 2.23. The number of nitrogens with zero attached hydrogens (tertiary/aromatic N) is 2. The van der Waals surface area contributed by atoms with Crippen LogP contribution in [0.5, 0.6) is 0 Å². The van der Waals surface area contributed by atoms with Crippen molar-refractivity contribution >= 4 is 28.9 Å². The van der Waals surface area contributed by atoms with Crippen LogP contribution < -0.4 is 10.6 Å². The standard InChI is InChI=1S/C18H19FN4O4/c1-12(18(25)21-15-8-3-4-9-16(15)23(26)27)22(2)11-17(24)20-14-7-5-6-13(19)10-14/h3-10,12H,11H2,1-2H3,(H,20,24)(H,21,25)/t12-/m1/s1. The minimum atomic E-state index is -0.733. The SMILES string of the molecule is C[C@H](C(=O)Nc1ccccc1[N+](=O)[O-])N(C)CC(=O)Nc1cccc(F)c1. The number of nitro groups is 1. The van der Waals surface area contributed by atoms with Crippen LogP contribution in [0.15, 0.2) is 48.5 Å². The second kappa shape index (κ2) is 8.86. The van der Waals surface area contributed by atoms with E-state index in [9.17, 15) is 24.1 Å². The van der Waals surface area contributed by atoms with Crippen LogP contribution in [-0.4, -0.2) is 41.3 Å². The van der Waals surface area contributed by atoms with Gasteiger partial charge in [0.25, 0.3) is 5.69 Å². The molecule has 0 aliphatic carbocycles. The highest BCUT2D eigenvalue weighted by molar-refractivity contribution is 5.97. The van der Waals surface area contributed by atoms with Gasteiger partial charge in [-0.2, -0.15) is 0 Å².